The van der Waals surface area contributed by atoms with Crippen molar-refractivity contribution in [2.75, 3.05) is 39.3 Å². The molecule has 2 fully saturated rings. The van der Waals surface area contributed by atoms with E-state index in [2.05, 4.69) is 22.9 Å². The van der Waals surface area contributed by atoms with Crippen LogP contribution in [0.4, 0.5) is 9.59 Å². The zero-order valence-electron chi connectivity index (χ0n) is 29.7. The molecule has 0 aromatic heterocycles. The van der Waals surface area contributed by atoms with Gasteiger partial charge < -0.3 is 29.1 Å². The molecule has 51 heavy (non-hydrogen) atoms. The van der Waals surface area contributed by atoms with Crippen LogP contribution in [0.2, 0.25) is 0 Å². The number of likely N-dealkylation sites (tertiary alicyclic amines) is 2. The van der Waals surface area contributed by atoms with Gasteiger partial charge in [-0.05, 0) is 62.5 Å². The van der Waals surface area contributed by atoms with Gasteiger partial charge in [-0.3, -0.25) is 9.59 Å². The van der Waals surface area contributed by atoms with Crippen molar-refractivity contribution in [3.05, 3.63) is 94.0 Å². The van der Waals surface area contributed by atoms with Crippen molar-refractivity contribution in [2.45, 2.75) is 90.0 Å². The Bertz CT molecular complexity index is 1520. The van der Waals surface area contributed by atoms with Gasteiger partial charge in [0, 0.05) is 68.0 Å². The number of ether oxygens (including phenoxy) is 2. The number of hydrogen-bond acceptors (Lipinski definition) is 6. The number of nitrogens with zero attached hydrogens (tertiary/aromatic N) is 4. The number of amides is 4. The maximum absolute atomic E-state index is 12.5. The average Bonchev–Trinajstić information content (AvgIpc) is 3.16. The molecule has 4 amide bonds. The largest absolute Gasteiger partial charge is 0.445 e. The molecule has 2 aromatic rings. The van der Waals surface area contributed by atoms with Gasteiger partial charge in [0.2, 0.25) is 11.8 Å². The number of halogens is 1. The number of benzene rings is 2. The van der Waals surface area contributed by atoms with Crippen molar-refractivity contribution in [1.29, 1.82) is 0 Å². The second kappa shape index (κ2) is 19.5. The maximum Gasteiger partial charge on any atom is 0.410 e. The highest BCUT2D eigenvalue weighted by Gasteiger charge is 2.32. The van der Waals surface area contributed by atoms with Crippen molar-refractivity contribution < 1.29 is 28.7 Å². The van der Waals surface area contributed by atoms with Crippen LogP contribution in [0.15, 0.2) is 82.9 Å². The Morgan fingerprint density at radius 3 is 1.55 bits per heavy atom. The standard InChI is InChI=1S/C22H30N2O3.C18H21BrN2O3/c1-2-3-7-18-10-15-24(21(25)16-18)20-11-13-23(14-12-20)22(26)27-17-19-8-5-4-6-9-19;19-15-6-11-21(17(22)12-15)16-7-9-20(10-8-16)18(23)24-13-14-4-2-1-3-5-14/h4-6,8-9,16,20H,2-3,7,10-15,17H2,1H3;1-5,12,16H,6-11,13H2. The molecule has 4 aliphatic heterocycles. The normalized spacial score (nSPS) is 18.8. The van der Waals surface area contributed by atoms with Crippen LogP contribution in [0.1, 0.15) is 75.8 Å². The van der Waals surface area contributed by atoms with Gasteiger partial charge >= 0.3 is 12.2 Å². The monoisotopic (exact) mass is 762 g/mol. The fourth-order valence-corrected chi connectivity index (χ4v) is 7.37. The SMILES string of the molecule is CCCCC1=CC(=O)N(C2CCN(C(=O)OCc3ccccc3)CC2)CC1.O=C(OCc1ccccc1)N1CCC(N2CCC(Br)=CC2=O)CC1. The molecule has 2 aromatic carbocycles. The van der Waals surface area contributed by atoms with Crippen molar-refractivity contribution in [1.82, 2.24) is 19.6 Å². The summed E-state index contributed by atoms with van der Waals surface area (Å²) in [6, 6.07) is 19.8. The molecule has 0 aliphatic carbocycles. The molecule has 0 N–H and O–H groups in total. The summed E-state index contributed by atoms with van der Waals surface area (Å²) in [6.45, 7) is 6.90. The number of piperidine rings is 2. The molecule has 274 valence electrons. The smallest absolute Gasteiger partial charge is 0.410 e. The Balaban J connectivity index is 0.000000199. The predicted octanol–water partition coefficient (Wildman–Crippen LogP) is 7.44. The van der Waals surface area contributed by atoms with Gasteiger partial charge in [-0.2, -0.15) is 0 Å². The van der Waals surface area contributed by atoms with Gasteiger partial charge in [0.05, 0.1) is 0 Å². The van der Waals surface area contributed by atoms with Gasteiger partial charge in [-0.25, -0.2) is 9.59 Å². The highest BCUT2D eigenvalue weighted by Crippen LogP contribution is 2.26. The molecule has 0 unspecified atom stereocenters. The first-order valence-electron chi connectivity index (χ1n) is 18.4. The van der Waals surface area contributed by atoms with Crippen LogP contribution in [0.25, 0.3) is 0 Å². The molecule has 4 aliphatic rings. The molecular weight excluding hydrogens is 712 g/mol. The maximum atomic E-state index is 12.5. The third-order valence-electron chi connectivity index (χ3n) is 10.0. The van der Waals surface area contributed by atoms with Crippen LogP contribution >= 0.6 is 15.9 Å². The second-order valence-electron chi connectivity index (χ2n) is 13.6. The Morgan fingerprint density at radius 2 is 1.12 bits per heavy atom. The first kappa shape index (κ1) is 38.1. The lowest BCUT2D eigenvalue weighted by Crippen LogP contribution is -2.49. The summed E-state index contributed by atoms with van der Waals surface area (Å²) in [5.41, 5.74) is 3.27. The number of rotatable bonds is 9. The van der Waals surface area contributed by atoms with Gasteiger partial charge in [-0.15, -0.1) is 0 Å². The highest BCUT2D eigenvalue weighted by molar-refractivity contribution is 9.11. The minimum Gasteiger partial charge on any atom is -0.445 e. The first-order valence-corrected chi connectivity index (χ1v) is 19.2. The van der Waals surface area contributed by atoms with Crippen LogP contribution in [-0.2, 0) is 32.3 Å². The Kier molecular flexibility index (Phi) is 14.6. The summed E-state index contributed by atoms with van der Waals surface area (Å²) >= 11 is 3.39. The van der Waals surface area contributed by atoms with Crippen LogP contribution in [0.3, 0.4) is 0 Å². The fourth-order valence-electron chi connectivity index (χ4n) is 7.00. The zero-order chi connectivity index (χ0) is 36.0. The van der Waals surface area contributed by atoms with Crippen molar-refractivity contribution in [3.63, 3.8) is 0 Å². The number of unbranched alkanes of at least 4 members (excludes halogenated alkanes) is 1. The van der Waals surface area contributed by atoms with Gasteiger partial charge in [0.1, 0.15) is 13.2 Å². The van der Waals surface area contributed by atoms with Crippen molar-refractivity contribution in [3.8, 4) is 0 Å². The lowest BCUT2D eigenvalue weighted by atomic mass is 9.97. The predicted molar refractivity (Wildman–Crippen MR) is 200 cm³/mol. The lowest BCUT2D eigenvalue weighted by molar-refractivity contribution is -0.130. The third kappa shape index (κ3) is 11.4. The van der Waals surface area contributed by atoms with Crippen LogP contribution < -0.4 is 0 Å². The molecule has 0 atom stereocenters. The molecule has 0 bridgehead atoms. The van der Waals surface area contributed by atoms with Gasteiger partial charge in [-0.1, -0.05) is 95.5 Å². The molecule has 11 heteroatoms. The van der Waals surface area contributed by atoms with Crippen molar-refractivity contribution >= 4 is 39.9 Å². The molecule has 0 saturated carbocycles. The summed E-state index contributed by atoms with van der Waals surface area (Å²) in [4.78, 5) is 56.5. The molecule has 4 heterocycles. The Morgan fingerprint density at radius 1 is 0.667 bits per heavy atom. The van der Waals surface area contributed by atoms with E-state index in [1.54, 1.807) is 15.9 Å². The molecule has 6 rings (SSSR count). The summed E-state index contributed by atoms with van der Waals surface area (Å²) in [7, 11) is 0. The van der Waals surface area contributed by atoms with Gasteiger partial charge in [0.15, 0.2) is 0 Å². The van der Waals surface area contributed by atoms with E-state index in [-0.39, 0.29) is 36.1 Å². The zero-order valence-corrected chi connectivity index (χ0v) is 31.3. The fraction of sp³-hybridized carbons (Fsp3) is 0.500. The topological polar surface area (TPSA) is 99.7 Å². The molecule has 2 saturated heterocycles. The molecule has 0 spiro atoms. The Labute approximate surface area is 310 Å². The van der Waals surface area contributed by atoms with E-state index in [1.165, 1.54) is 5.57 Å². The van der Waals surface area contributed by atoms with Crippen LogP contribution in [-0.4, -0.2) is 95.0 Å². The van der Waals surface area contributed by atoms with E-state index in [4.69, 9.17) is 9.47 Å². The summed E-state index contributed by atoms with van der Waals surface area (Å²) < 4.78 is 11.8. The highest BCUT2D eigenvalue weighted by atomic mass is 79.9. The second-order valence-corrected chi connectivity index (χ2v) is 14.6. The number of carbonyl (C=O) groups is 4. The lowest BCUT2D eigenvalue weighted by Gasteiger charge is -2.39. The first-order chi connectivity index (χ1) is 24.8. The Hall–Kier alpha value is -4.12. The minimum atomic E-state index is -0.273. The number of hydrogen-bond donors (Lipinski definition) is 0. The average molecular weight is 764 g/mol. The van der Waals surface area contributed by atoms with E-state index in [0.29, 0.717) is 39.4 Å². The van der Waals surface area contributed by atoms with Crippen molar-refractivity contribution in [2.24, 2.45) is 0 Å². The minimum absolute atomic E-state index is 0.0678. The molecule has 10 nitrogen and oxygen atoms in total. The third-order valence-corrected chi connectivity index (χ3v) is 10.7. The van der Waals surface area contributed by atoms with Gasteiger partial charge in [0.25, 0.3) is 0 Å². The summed E-state index contributed by atoms with van der Waals surface area (Å²) in [5.74, 6) is 0.218. The number of carbonyl (C=O) groups excluding carboxylic acids is 4. The van der Waals surface area contributed by atoms with Crippen LogP contribution in [0.5, 0.6) is 0 Å². The summed E-state index contributed by atoms with van der Waals surface area (Å²) in [6.07, 6.45) is 11.4. The van der Waals surface area contributed by atoms with E-state index in [1.807, 2.05) is 76.5 Å². The van der Waals surface area contributed by atoms with E-state index in [0.717, 1.165) is 86.5 Å². The quantitative estimate of drug-likeness (QED) is 0.264. The van der Waals surface area contributed by atoms with E-state index in [9.17, 15) is 19.2 Å². The van der Waals surface area contributed by atoms with E-state index >= 15 is 0 Å². The molecule has 0 radical (unpaired) electrons. The van der Waals surface area contributed by atoms with Crippen LogP contribution in [0, 0.1) is 0 Å². The van der Waals surface area contributed by atoms with E-state index < -0.39 is 0 Å². The summed E-state index contributed by atoms with van der Waals surface area (Å²) in [5, 5.41) is 0. The molecular formula is C40H51BrN4O6.